The Hall–Kier alpha value is -2.56. The van der Waals surface area contributed by atoms with Crippen molar-refractivity contribution in [3.63, 3.8) is 0 Å². The third-order valence-corrected chi connectivity index (χ3v) is 4.21. The molecule has 1 aromatic heterocycles. The smallest absolute Gasteiger partial charge is 0.230 e. The highest BCUT2D eigenvalue weighted by molar-refractivity contribution is 5.87. The Morgan fingerprint density at radius 2 is 1.92 bits per heavy atom. The van der Waals surface area contributed by atoms with Crippen molar-refractivity contribution < 1.29 is 14.3 Å². The third-order valence-electron chi connectivity index (χ3n) is 4.21. The number of hydrogen-bond donors (Lipinski definition) is 1. The molecule has 0 aliphatic carbocycles. The van der Waals surface area contributed by atoms with Crippen molar-refractivity contribution in [2.24, 2.45) is 0 Å². The van der Waals surface area contributed by atoms with Crippen molar-refractivity contribution in [3.8, 4) is 11.5 Å². The van der Waals surface area contributed by atoms with Crippen LogP contribution in [0.4, 0.5) is 0 Å². The lowest BCUT2D eigenvalue weighted by molar-refractivity contribution is -0.125. The summed E-state index contributed by atoms with van der Waals surface area (Å²) in [5.41, 5.74) is 2.00. The molecule has 1 aliphatic rings. The van der Waals surface area contributed by atoms with Crippen LogP contribution in [0.3, 0.4) is 0 Å². The lowest BCUT2D eigenvalue weighted by atomic mass is 9.83. The number of amides is 1. The standard InChI is InChI=1S/C19H22N2O3/c1-13-5-4-6-15(21-13)12-20-18(22)19(2,3)14-7-8-16-17(11-14)24-10-9-23-16/h4-8,11H,9-10,12H2,1-3H3,(H,20,22). The van der Waals surface area contributed by atoms with Crippen LogP contribution >= 0.6 is 0 Å². The van der Waals surface area contributed by atoms with E-state index in [2.05, 4.69) is 10.3 Å². The molecule has 0 fully saturated rings. The highest BCUT2D eigenvalue weighted by atomic mass is 16.6. The van der Waals surface area contributed by atoms with E-state index in [0.29, 0.717) is 25.5 Å². The van der Waals surface area contributed by atoms with Crippen molar-refractivity contribution in [2.45, 2.75) is 32.7 Å². The minimum absolute atomic E-state index is 0.0533. The fourth-order valence-electron chi connectivity index (χ4n) is 2.65. The number of benzene rings is 1. The SMILES string of the molecule is Cc1cccc(CNC(=O)C(C)(C)c2ccc3c(c2)OCCO3)n1. The highest BCUT2D eigenvalue weighted by Crippen LogP contribution is 2.35. The van der Waals surface area contributed by atoms with Gasteiger partial charge in [0, 0.05) is 5.69 Å². The zero-order valence-corrected chi connectivity index (χ0v) is 14.3. The quantitative estimate of drug-likeness (QED) is 0.938. The van der Waals surface area contributed by atoms with E-state index in [1.165, 1.54) is 0 Å². The Balaban J connectivity index is 1.73. The molecule has 0 saturated heterocycles. The molecule has 2 heterocycles. The van der Waals surface area contributed by atoms with Gasteiger partial charge in [0.25, 0.3) is 0 Å². The average molecular weight is 326 g/mol. The maximum atomic E-state index is 12.7. The molecule has 5 heteroatoms. The van der Waals surface area contributed by atoms with Crippen molar-refractivity contribution in [3.05, 3.63) is 53.3 Å². The van der Waals surface area contributed by atoms with Crippen LogP contribution in [-0.2, 0) is 16.8 Å². The Morgan fingerprint density at radius 3 is 2.67 bits per heavy atom. The summed E-state index contributed by atoms with van der Waals surface area (Å²) in [4.78, 5) is 17.1. The molecule has 0 bridgehead atoms. The largest absolute Gasteiger partial charge is 0.486 e. The summed E-state index contributed by atoms with van der Waals surface area (Å²) in [6.07, 6.45) is 0. The molecule has 0 atom stereocenters. The monoisotopic (exact) mass is 326 g/mol. The minimum atomic E-state index is -0.681. The van der Waals surface area contributed by atoms with Crippen molar-refractivity contribution in [1.29, 1.82) is 0 Å². The van der Waals surface area contributed by atoms with Crippen LogP contribution in [0.25, 0.3) is 0 Å². The summed E-state index contributed by atoms with van der Waals surface area (Å²) >= 11 is 0. The molecule has 3 rings (SSSR count). The number of fused-ring (bicyclic) bond motifs is 1. The molecular formula is C19H22N2O3. The van der Waals surface area contributed by atoms with Crippen molar-refractivity contribution >= 4 is 5.91 Å². The maximum Gasteiger partial charge on any atom is 0.230 e. The Kier molecular flexibility index (Phi) is 4.42. The van der Waals surface area contributed by atoms with E-state index in [4.69, 9.17) is 9.47 Å². The first-order chi connectivity index (χ1) is 11.5. The summed E-state index contributed by atoms with van der Waals surface area (Å²) in [5, 5.41) is 2.97. The molecule has 1 N–H and O–H groups in total. The Morgan fingerprint density at radius 1 is 1.17 bits per heavy atom. The van der Waals surface area contributed by atoms with Gasteiger partial charge in [0.05, 0.1) is 17.7 Å². The first-order valence-electron chi connectivity index (χ1n) is 8.08. The zero-order valence-electron chi connectivity index (χ0n) is 14.3. The van der Waals surface area contributed by atoms with Crippen molar-refractivity contribution in [1.82, 2.24) is 10.3 Å². The van der Waals surface area contributed by atoms with Crippen LogP contribution in [0.5, 0.6) is 11.5 Å². The molecule has 1 aliphatic heterocycles. The van der Waals surface area contributed by atoms with E-state index >= 15 is 0 Å². The molecule has 126 valence electrons. The molecule has 24 heavy (non-hydrogen) atoms. The van der Waals surface area contributed by atoms with Gasteiger partial charge >= 0.3 is 0 Å². The summed E-state index contributed by atoms with van der Waals surface area (Å²) in [7, 11) is 0. The number of nitrogens with one attached hydrogen (secondary N) is 1. The van der Waals surface area contributed by atoms with Crippen molar-refractivity contribution in [2.75, 3.05) is 13.2 Å². The predicted molar refractivity (Wildman–Crippen MR) is 91.3 cm³/mol. The molecule has 1 amide bonds. The van der Waals surface area contributed by atoms with Gasteiger partial charge in [-0.1, -0.05) is 12.1 Å². The molecule has 0 spiro atoms. The molecule has 0 saturated carbocycles. The summed E-state index contributed by atoms with van der Waals surface area (Å²) in [6.45, 7) is 7.23. The molecule has 1 aromatic carbocycles. The van der Waals surface area contributed by atoms with Gasteiger partial charge in [-0.25, -0.2) is 0 Å². The summed E-state index contributed by atoms with van der Waals surface area (Å²) < 4.78 is 11.1. The van der Waals surface area contributed by atoms with E-state index in [0.717, 1.165) is 22.7 Å². The number of ether oxygens (including phenoxy) is 2. The fraction of sp³-hybridized carbons (Fsp3) is 0.368. The first kappa shape index (κ1) is 16.3. The van der Waals surface area contributed by atoms with E-state index in [9.17, 15) is 4.79 Å². The van der Waals surface area contributed by atoms with E-state index < -0.39 is 5.41 Å². The van der Waals surface area contributed by atoms with Gasteiger partial charge < -0.3 is 14.8 Å². The van der Waals surface area contributed by atoms with Gasteiger partial charge in [0.2, 0.25) is 5.91 Å². The fourth-order valence-corrected chi connectivity index (χ4v) is 2.65. The second-order valence-corrected chi connectivity index (χ2v) is 6.44. The molecule has 0 radical (unpaired) electrons. The van der Waals surface area contributed by atoms with E-state index in [-0.39, 0.29) is 5.91 Å². The lowest BCUT2D eigenvalue weighted by Crippen LogP contribution is -2.40. The molecule has 5 nitrogen and oxygen atoms in total. The van der Waals surface area contributed by atoms with E-state index in [1.807, 2.05) is 57.2 Å². The first-order valence-corrected chi connectivity index (χ1v) is 8.08. The van der Waals surface area contributed by atoms with Gasteiger partial charge in [-0.05, 0) is 50.6 Å². The number of rotatable bonds is 4. The van der Waals surface area contributed by atoms with Gasteiger partial charge in [0.1, 0.15) is 13.2 Å². The zero-order chi connectivity index (χ0) is 17.2. The van der Waals surface area contributed by atoms with Gasteiger partial charge in [-0.15, -0.1) is 0 Å². The minimum Gasteiger partial charge on any atom is -0.486 e. The van der Waals surface area contributed by atoms with Gasteiger partial charge in [-0.3, -0.25) is 9.78 Å². The number of aromatic nitrogens is 1. The van der Waals surface area contributed by atoms with Gasteiger partial charge in [-0.2, -0.15) is 0 Å². The van der Waals surface area contributed by atoms with Crippen LogP contribution in [0.2, 0.25) is 0 Å². The number of aryl methyl sites for hydroxylation is 1. The number of hydrogen-bond acceptors (Lipinski definition) is 4. The topological polar surface area (TPSA) is 60.5 Å². The van der Waals surface area contributed by atoms with Gasteiger partial charge in [0.15, 0.2) is 11.5 Å². The van der Waals surface area contributed by atoms with E-state index in [1.54, 1.807) is 0 Å². The Bertz CT molecular complexity index is 756. The van der Waals surface area contributed by atoms with Crippen LogP contribution in [0.15, 0.2) is 36.4 Å². The van der Waals surface area contributed by atoms with Crippen LogP contribution in [-0.4, -0.2) is 24.1 Å². The maximum absolute atomic E-state index is 12.7. The lowest BCUT2D eigenvalue weighted by Gasteiger charge is -2.26. The summed E-state index contributed by atoms with van der Waals surface area (Å²) in [6, 6.07) is 11.4. The number of nitrogens with zero attached hydrogens (tertiary/aromatic N) is 1. The summed E-state index contributed by atoms with van der Waals surface area (Å²) in [5.74, 6) is 1.37. The molecular weight excluding hydrogens is 304 g/mol. The highest BCUT2D eigenvalue weighted by Gasteiger charge is 2.31. The van der Waals surface area contributed by atoms with Crippen LogP contribution in [0.1, 0.15) is 30.8 Å². The normalized spacial score (nSPS) is 13.5. The number of pyridine rings is 1. The average Bonchev–Trinajstić information content (AvgIpc) is 2.59. The molecule has 0 unspecified atom stereocenters. The number of carbonyl (C=O) groups is 1. The Labute approximate surface area is 142 Å². The second kappa shape index (κ2) is 6.51. The van der Waals surface area contributed by atoms with Crippen LogP contribution in [0, 0.1) is 6.92 Å². The second-order valence-electron chi connectivity index (χ2n) is 6.44. The predicted octanol–water partition coefficient (Wildman–Crippen LogP) is 2.76. The number of carbonyl (C=O) groups excluding carboxylic acids is 1. The molecule has 2 aromatic rings. The third kappa shape index (κ3) is 3.35. The van der Waals surface area contributed by atoms with Crippen LogP contribution < -0.4 is 14.8 Å².